The molecule has 1 aromatic heterocycles. The molecule has 6 heteroatoms. The molecule has 2 N–H and O–H groups in total. The molecular weight excluding hydrogens is 242 g/mol. The van der Waals surface area contributed by atoms with Gasteiger partial charge in [0.1, 0.15) is 5.69 Å². The van der Waals surface area contributed by atoms with Crippen molar-refractivity contribution in [1.82, 2.24) is 20.2 Å². The summed E-state index contributed by atoms with van der Waals surface area (Å²) in [7, 11) is 4.00. The van der Waals surface area contributed by atoms with E-state index in [9.17, 15) is 4.79 Å². The second-order valence-corrected chi connectivity index (χ2v) is 4.78. The normalized spacial score (nSPS) is 12.3. The van der Waals surface area contributed by atoms with Crippen molar-refractivity contribution in [1.29, 1.82) is 0 Å². The third kappa shape index (κ3) is 5.65. The number of nitrogens with zero attached hydrogens (tertiary/aromatic N) is 3. The highest BCUT2D eigenvalue weighted by Gasteiger charge is 2.10. The van der Waals surface area contributed by atoms with Crippen LogP contribution in [-0.2, 0) is 0 Å². The molecule has 0 bridgehead atoms. The molecule has 0 saturated heterocycles. The second-order valence-electron chi connectivity index (χ2n) is 4.78. The minimum Gasteiger partial charge on any atom is -0.353 e. The lowest BCUT2D eigenvalue weighted by Crippen LogP contribution is -2.32. The molecule has 0 spiro atoms. The number of likely N-dealkylation sites (N-methyl/N-ethyl adjacent to an activating group) is 1. The molecule has 0 aliphatic heterocycles. The monoisotopic (exact) mass is 265 g/mol. The SMILES string of the molecule is CCC(C)NC(=O)c1ccnc(NCCN(C)C)n1. The quantitative estimate of drug-likeness (QED) is 0.769. The van der Waals surface area contributed by atoms with Crippen molar-refractivity contribution < 1.29 is 4.79 Å². The predicted molar refractivity (Wildman–Crippen MR) is 76.3 cm³/mol. The van der Waals surface area contributed by atoms with E-state index in [1.807, 2.05) is 27.9 Å². The van der Waals surface area contributed by atoms with E-state index in [0.717, 1.165) is 19.5 Å². The molecule has 6 nitrogen and oxygen atoms in total. The van der Waals surface area contributed by atoms with E-state index in [0.29, 0.717) is 11.6 Å². The Morgan fingerprint density at radius 2 is 2.21 bits per heavy atom. The summed E-state index contributed by atoms with van der Waals surface area (Å²) < 4.78 is 0. The van der Waals surface area contributed by atoms with Crippen molar-refractivity contribution >= 4 is 11.9 Å². The van der Waals surface area contributed by atoms with Gasteiger partial charge in [0.25, 0.3) is 5.91 Å². The topological polar surface area (TPSA) is 70.2 Å². The summed E-state index contributed by atoms with van der Waals surface area (Å²) in [6.07, 6.45) is 2.49. The first-order chi connectivity index (χ1) is 9.02. The fourth-order valence-electron chi connectivity index (χ4n) is 1.36. The lowest BCUT2D eigenvalue weighted by atomic mass is 10.2. The van der Waals surface area contributed by atoms with Crippen LogP contribution in [0.5, 0.6) is 0 Å². The molecule has 1 heterocycles. The summed E-state index contributed by atoms with van der Waals surface area (Å²) >= 11 is 0. The van der Waals surface area contributed by atoms with Gasteiger partial charge in [0.15, 0.2) is 0 Å². The molecule has 0 aliphatic carbocycles. The van der Waals surface area contributed by atoms with Crippen LogP contribution < -0.4 is 10.6 Å². The first-order valence-corrected chi connectivity index (χ1v) is 6.55. The largest absolute Gasteiger partial charge is 0.353 e. The molecule has 1 rings (SSSR count). The number of hydrogen-bond donors (Lipinski definition) is 2. The Morgan fingerprint density at radius 3 is 2.84 bits per heavy atom. The number of carbonyl (C=O) groups excluding carboxylic acids is 1. The van der Waals surface area contributed by atoms with Crippen LogP contribution in [0.25, 0.3) is 0 Å². The lowest BCUT2D eigenvalue weighted by Gasteiger charge is -2.12. The van der Waals surface area contributed by atoms with Crippen LogP contribution in [0.3, 0.4) is 0 Å². The van der Waals surface area contributed by atoms with Crippen molar-refractivity contribution in [3.8, 4) is 0 Å². The van der Waals surface area contributed by atoms with Crippen molar-refractivity contribution in [2.24, 2.45) is 0 Å². The summed E-state index contributed by atoms with van der Waals surface area (Å²) in [6.45, 7) is 5.62. The fraction of sp³-hybridized carbons (Fsp3) is 0.615. The van der Waals surface area contributed by atoms with Gasteiger partial charge in [-0.3, -0.25) is 4.79 Å². The molecule has 1 aromatic rings. The molecule has 1 unspecified atom stereocenters. The Kier molecular flexibility index (Phi) is 6.21. The zero-order valence-electron chi connectivity index (χ0n) is 12.1. The molecule has 106 valence electrons. The zero-order chi connectivity index (χ0) is 14.3. The number of amides is 1. The zero-order valence-corrected chi connectivity index (χ0v) is 12.1. The molecule has 0 aliphatic rings. The van der Waals surface area contributed by atoms with Gasteiger partial charge >= 0.3 is 0 Å². The van der Waals surface area contributed by atoms with Gasteiger partial charge in [-0.15, -0.1) is 0 Å². The van der Waals surface area contributed by atoms with E-state index < -0.39 is 0 Å². The van der Waals surface area contributed by atoms with Gasteiger partial charge in [0.2, 0.25) is 5.95 Å². The molecule has 0 saturated carbocycles. The minimum absolute atomic E-state index is 0.146. The van der Waals surface area contributed by atoms with Gasteiger partial charge in [0, 0.05) is 25.3 Å². The molecule has 0 aromatic carbocycles. The summed E-state index contributed by atoms with van der Waals surface area (Å²) in [5.74, 6) is 0.325. The number of hydrogen-bond acceptors (Lipinski definition) is 5. The Labute approximate surface area is 114 Å². The van der Waals surface area contributed by atoms with Crippen LogP contribution in [0.4, 0.5) is 5.95 Å². The van der Waals surface area contributed by atoms with Gasteiger partial charge in [-0.2, -0.15) is 0 Å². The van der Waals surface area contributed by atoms with Crippen molar-refractivity contribution in [2.75, 3.05) is 32.5 Å². The molecule has 0 fully saturated rings. The van der Waals surface area contributed by atoms with E-state index in [1.54, 1.807) is 12.3 Å². The van der Waals surface area contributed by atoms with Gasteiger partial charge in [-0.1, -0.05) is 6.92 Å². The number of nitrogens with one attached hydrogen (secondary N) is 2. The predicted octanol–water partition coefficient (Wildman–Crippen LogP) is 0.978. The van der Waals surface area contributed by atoms with Crippen LogP contribution in [0, 0.1) is 0 Å². The Morgan fingerprint density at radius 1 is 1.47 bits per heavy atom. The van der Waals surface area contributed by atoms with Crippen LogP contribution >= 0.6 is 0 Å². The maximum Gasteiger partial charge on any atom is 0.270 e. The van der Waals surface area contributed by atoms with E-state index in [4.69, 9.17) is 0 Å². The molecule has 1 amide bonds. The first-order valence-electron chi connectivity index (χ1n) is 6.55. The van der Waals surface area contributed by atoms with Crippen LogP contribution in [0.2, 0.25) is 0 Å². The average Bonchev–Trinajstić information content (AvgIpc) is 2.38. The van der Waals surface area contributed by atoms with Gasteiger partial charge in [-0.05, 0) is 33.5 Å². The van der Waals surface area contributed by atoms with E-state index in [1.165, 1.54) is 0 Å². The molecule has 1 atom stereocenters. The number of anilines is 1. The third-order valence-electron chi connectivity index (χ3n) is 2.72. The Hall–Kier alpha value is -1.69. The number of aromatic nitrogens is 2. The molecule has 0 radical (unpaired) electrons. The van der Waals surface area contributed by atoms with Crippen molar-refractivity contribution in [3.05, 3.63) is 18.0 Å². The van der Waals surface area contributed by atoms with Crippen LogP contribution in [0.15, 0.2) is 12.3 Å². The number of carbonyl (C=O) groups is 1. The van der Waals surface area contributed by atoms with Crippen molar-refractivity contribution in [2.45, 2.75) is 26.3 Å². The average molecular weight is 265 g/mol. The third-order valence-corrected chi connectivity index (χ3v) is 2.72. The van der Waals surface area contributed by atoms with Gasteiger partial charge < -0.3 is 15.5 Å². The highest BCUT2D eigenvalue weighted by atomic mass is 16.1. The fourth-order valence-corrected chi connectivity index (χ4v) is 1.36. The summed E-state index contributed by atoms with van der Waals surface area (Å²) in [5.41, 5.74) is 0.391. The number of rotatable bonds is 7. The van der Waals surface area contributed by atoms with E-state index in [2.05, 4.69) is 25.5 Å². The second kappa shape index (κ2) is 7.68. The maximum absolute atomic E-state index is 11.9. The van der Waals surface area contributed by atoms with Gasteiger partial charge in [-0.25, -0.2) is 9.97 Å². The van der Waals surface area contributed by atoms with Crippen LogP contribution in [-0.4, -0.2) is 54.0 Å². The van der Waals surface area contributed by atoms with Crippen molar-refractivity contribution in [3.63, 3.8) is 0 Å². The summed E-state index contributed by atoms with van der Waals surface area (Å²) in [4.78, 5) is 22.3. The Balaban J connectivity index is 2.58. The van der Waals surface area contributed by atoms with E-state index >= 15 is 0 Å². The molecular formula is C13H23N5O. The first kappa shape index (κ1) is 15.4. The standard InChI is InChI=1S/C13H23N5O/c1-5-10(2)16-12(19)11-6-7-14-13(17-11)15-8-9-18(3)4/h6-7,10H,5,8-9H2,1-4H3,(H,16,19)(H,14,15,17). The minimum atomic E-state index is -0.160. The summed E-state index contributed by atoms with van der Waals surface area (Å²) in [5, 5.41) is 5.98. The lowest BCUT2D eigenvalue weighted by molar-refractivity contribution is 0.0934. The van der Waals surface area contributed by atoms with E-state index in [-0.39, 0.29) is 11.9 Å². The highest BCUT2D eigenvalue weighted by Crippen LogP contribution is 2.01. The maximum atomic E-state index is 11.9. The Bertz CT molecular complexity index is 408. The van der Waals surface area contributed by atoms with Crippen LogP contribution in [0.1, 0.15) is 30.8 Å². The smallest absolute Gasteiger partial charge is 0.270 e. The highest BCUT2D eigenvalue weighted by molar-refractivity contribution is 5.92. The summed E-state index contributed by atoms with van der Waals surface area (Å²) in [6, 6.07) is 1.77. The molecule has 19 heavy (non-hydrogen) atoms. The van der Waals surface area contributed by atoms with Gasteiger partial charge in [0.05, 0.1) is 0 Å².